The van der Waals surface area contributed by atoms with Gasteiger partial charge in [-0.25, -0.2) is 0 Å². The standard InChI is InChI=1S/C21H19Cl.Zr/c1-13(2)20-17(14-7-3-4-8-14)12-18-16-10-6-5-9-15(16)11-19(18)21(20)22;/h3-7,9-10,12-13H,8,11H2,1-2H3;. The molecule has 2 aliphatic rings. The van der Waals surface area contributed by atoms with Crippen LogP contribution in [0.2, 0.25) is 5.02 Å². The summed E-state index contributed by atoms with van der Waals surface area (Å²) in [5.74, 6) is 0.429. The average Bonchev–Trinajstić information content (AvgIpc) is 3.14. The van der Waals surface area contributed by atoms with Crippen molar-refractivity contribution in [3.63, 3.8) is 0 Å². The van der Waals surface area contributed by atoms with E-state index in [2.05, 4.69) is 62.4 Å². The summed E-state index contributed by atoms with van der Waals surface area (Å²) in [4.78, 5) is 0. The van der Waals surface area contributed by atoms with Crippen molar-refractivity contribution in [3.05, 3.63) is 75.8 Å². The largest absolute Gasteiger partial charge is 0.0837 e. The van der Waals surface area contributed by atoms with Gasteiger partial charge in [0.2, 0.25) is 0 Å². The summed E-state index contributed by atoms with van der Waals surface area (Å²) in [7, 11) is 0. The van der Waals surface area contributed by atoms with Gasteiger partial charge in [-0.15, -0.1) is 0 Å². The molecule has 0 radical (unpaired) electrons. The van der Waals surface area contributed by atoms with Gasteiger partial charge in [0.15, 0.2) is 0 Å². The van der Waals surface area contributed by atoms with Crippen LogP contribution >= 0.6 is 11.6 Å². The topological polar surface area (TPSA) is 0 Å². The molecule has 114 valence electrons. The van der Waals surface area contributed by atoms with Gasteiger partial charge in [0, 0.05) is 37.6 Å². The zero-order valence-electron chi connectivity index (χ0n) is 13.5. The molecule has 0 N–H and O–H groups in total. The van der Waals surface area contributed by atoms with Gasteiger partial charge in [-0.2, -0.15) is 0 Å². The van der Waals surface area contributed by atoms with Gasteiger partial charge in [-0.05, 0) is 57.4 Å². The van der Waals surface area contributed by atoms with Crippen molar-refractivity contribution in [1.82, 2.24) is 0 Å². The minimum absolute atomic E-state index is 0. The average molecular weight is 398 g/mol. The Morgan fingerprint density at radius 1 is 1.04 bits per heavy atom. The second-order valence-corrected chi connectivity index (χ2v) is 6.87. The van der Waals surface area contributed by atoms with Crippen LogP contribution in [0.1, 0.15) is 48.4 Å². The van der Waals surface area contributed by atoms with Gasteiger partial charge >= 0.3 is 0 Å². The first-order valence-electron chi connectivity index (χ1n) is 7.96. The Morgan fingerprint density at radius 2 is 1.83 bits per heavy atom. The van der Waals surface area contributed by atoms with Gasteiger partial charge in [0.05, 0.1) is 0 Å². The molecular weight excluding hydrogens is 379 g/mol. The number of fused-ring (bicyclic) bond motifs is 3. The van der Waals surface area contributed by atoms with E-state index in [-0.39, 0.29) is 26.2 Å². The van der Waals surface area contributed by atoms with Crippen LogP contribution in [0, 0.1) is 0 Å². The molecule has 0 aromatic heterocycles. The van der Waals surface area contributed by atoms with E-state index in [1.165, 1.54) is 39.0 Å². The van der Waals surface area contributed by atoms with Gasteiger partial charge in [0.1, 0.15) is 0 Å². The summed E-state index contributed by atoms with van der Waals surface area (Å²) in [6, 6.07) is 11.1. The number of halogens is 1. The van der Waals surface area contributed by atoms with Crippen molar-refractivity contribution in [1.29, 1.82) is 0 Å². The van der Waals surface area contributed by atoms with Crippen LogP contribution in [0.25, 0.3) is 16.7 Å². The zero-order valence-corrected chi connectivity index (χ0v) is 16.7. The van der Waals surface area contributed by atoms with Crippen molar-refractivity contribution in [2.24, 2.45) is 0 Å². The summed E-state index contributed by atoms with van der Waals surface area (Å²) in [5.41, 5.74) is 9.41. The van der Waals surface area contributed by atoms with E-state index in [1.54, 1.807) is 0 Å². The molecule has 0 saturated carbocycles. The monoisotopic (exact) mass is 396 g/mol. The van der Waals surface area contributed by atoms with E-state index < -0.39 is 0 Å². The maximum atomic E-state index is 6.88. The third-order valence-corrected chi connectivity index (χ3v) is 5.21. The van der Waals surface area contributed by atoms with Crippen molar-refractivity contribution >= 4 is 17.2 Å². The fourth-order valence-corrected chi connectivity index (χ4v) is 4.21. The maximum Gasteiger partial charge on any atom is 0.0488 e. The van der Waals surface area contributed by atoms with E-state index in [1.807, 2.05) is 0 Å². The molecule has 0 bridgehead atoms. The second kappa shape index (κ2) is 6.54. The fourth-order valence-electron chi connectivity index (χ4n) is 3.73. The summed E-state index contributed by atoms with van der Waals surface area (Å²) in [6.07, 6.45) is 8.56. The second-order valence-electron chi connectivity index (χ2n) is 6.49. The van der Waals surface area contributed by atoms with Crippen LogP contribution in [0.3, 0.4) is 0 Å². The van der Waals surface area contributed by atoms with E-state index in [0.29, 0.717) is 5.92 Å². The van der Waals surface area contributed by atoms with Gasteiger partial charge in [-0.1, -0.05) is 67.9 Å². The zero-order chi connectivity index (χ0) is 15.3. The van der Waals surface area contributed by atoms with Crippen molar-refractivity contribution in [3.8, 4) is 11.1 Å². The first-order chi connectivity index (χ1) is 10.7. The SMILES string of the molecule is CC(C)c1c(C2=CC=CC2)cc2c(c1Cl)Cc1ccccc1-2.[Zr]. The van der Waals surface area contributed by atoms with Crippen LogP contribution in [0.5, 0.6) is 0 Å². The molecule has 23 heavy (non-hydrogen) atoms. The molecule has 0 nitrogen and oxygen atoms in total. The molecule has 0 aliphatic heterocycles. The van der Waals surface area contributed by atoms with E-state index in [0.717, 1.165) is 17.9 Å². The molecule has 0 atom stereocenters. The third kappa shape index (κ3) is 2.73. The molecule has 0 amide bonds. The molecule has 0 heterocycles. The molecule has 0 spiro atoms. The van der Waals surface area contributed by atoms with Crippen molar-refractivity contribution in [2.45, 2.75) is 32.6 Å². The Kier molecular flexibility index (Phi) is 4.81. The summed E-state index contributed by atoms with van der Waals surface area (Å²) in [6.45, 7) is 4.48. The van der Waals surface area contributed by atoms with E-state index in [4.69, 9.17) is 11.6 Å². The summed E-state index contributed by atoms with van der Waals surface area (Å²) >= 11 is 6.88. The quantitative estimate of drug-likeness (QED) is 0.470. The molecule has 0 fully saturated rings. The summed E-state index contributed by atoms with van der Waals surface area (Å²) in [5, 5.41) is 0.978. The molecular formula is C21H19ClZr. The molecule has 0 saturated heterocycles. The molecule has 2 aromatic carbocycles. The normalized spacial score (nSPS) is 14.5. The van der Waals surface area contributed by atoms with Crippen molar-refractivity contribution < 1.29 is 26.2 Å². The van der Waals surface area contributed by atoms with Gasteiger partial charge < -0.3 is 0 Å². The first-order valence-corrected chi connectivity index (χ1v) is 8.34. The number of hydrogen-bond acceptors (Lipinski definition) is 0. The van der Waals surface area contributed by atoms with Gasteiger partial charge in [-0.3, -0.25) is 0 Å². The third-order valence-electron chi connectivity index (χ3n) is 4.77. The van der Waals surface area contributed by atoms with Crippen LogP contribution < -0.4 is 0 Å². The minimum Gasteiger partial charge on any atom is -0.0837 e. The Morgan fingerprint density at radius 3 is 2.52 bits per heavy atom. The van der Waals surface area contributed by atoms with Crippen LogP contribution in [-0.2, 0) is 32.6 Å². The number of hydrogen-bond donors (Lipinski definition) is 0. The Bertz CT molecular complexity index is 828. The van der Waals surface area contributed by atoms with Crippen LogP contribution in [0.15, 0.2) is 48.6 Å². The number of rotatable bonds is 2. The first kappa shape index (κ1) is 16.9. The number of benzene rings is 2. The van der Waals surface area contributed by atoms with Crippen LogP contribution in [-0.4, -0.2) is 0 Å². The van der Waals surface area contributed by atoms with Crippen LogP contribution in [0.4, 0.5) is 0 Å². The maximum absolute atomic E-state index is 6.88. The molecule has 4 rings (SSSR count). The summed E-state index contributed by atoms with van der Waals surface area (Å²) < 4.78 is 0. The Balaban J connectivity index is 0.00000156. The predicted octanol–water partition coefficient (Wildman–Crippen LogP) is 6.38. The van der Waals surface area contributed by atoms with E-state index >= 15 is 0 Å². The molecule has 2 heteroatoms. The molecule has 2 aliphatic carbocycles. The number of allylic oxidation sites excluding steroid dienone is 4. The smallest absolute Gasteiger partial charge is 0.0488 e. The molecule has 2 aromatic rings. The molecule has 0 unspecified atom stereocenters. The van der Waals surface area contributed by atoms with Crippen molar-refractivity contribution in [2.75, 3.05) is 0 Å². The Hall–Kier alpha value is -0.907. The minimum atomic E-state index is 0. The Labute approximate surface area is 162 Å². The fraction of sp³-hybridized carbons (Fsp3) is 0.238. The predicted molar refractivity (Wildman–Crippen MR) is 95.5 cm³/mol. The van der Waals surface area contributed by atoms with Gasteiger partial charge in [0.25, 0.3) is 0 Å². The van der Waals surface area contributed by atoms with E-state index in [9.17, 15) is 0 Å².